The van der Waals surface area contributed by atoms with Crippen LogP contribution in [0.1, 0.15) is 47.9 Å². The minimum Gasteiger partial charge on any atom is -0.477 e. The van der Waals surface area contributed by atoms with Gasteiger partial charge in [0.15, 0.2) is 5.82 Å². The molecule has 2 N–H and O–H groups in total. The molecule has 6 nitrogen and oxygen atoms in total. The van der Waals surface area contributed by atoms with E-state index in [0.717, 1.165) is 11.3 Å². The van der Waals surface area contributed by atoms with Crippen LogP contribution >= 0.6 is 11.3 Å². The van der Waals surface area contributed by atoms with E-state index in [-0.39, 0.29) is 28.7 Å². The number of hydrogen-bond donors (Lipinski definition) is 2. The van der Waals surface area contributed by atoms with Crippen molar-refractivity contribution < 1.29 is 14.7 Å². The normalized spacial score (nSPS) is 12.7. The molecule has 2 heterocycles. The number of hydrogen-bond acceptors (Lipinski definition) is 5. The minimum atomic E-state index is -0.980. The topological polar surface area (TPSA) is 92.2 Å². The Hall–Kier alpha value is -2.28. The fraction of sp³-hybridized carbons (Fsp3) is 0.375. The number of thiophene rings is 1. The van der Waals surface area contributed by atoms with Gasteiger partial charge < -0.3 is 10.4 Å². The maximum absolute atomic E-state index is 12.3. The zero-order chi connectivity index (χ0) is 17.0. The second-order valence-electron chi connectivity index (χ2n) is 6.27. The standard InChI is InChI=1S/C16H19N3O3S/c1-16(2,3)13(14-17-5-4-6-18-14)19-12(20)8-10-7-11(15(21)22)23-9-10/h4-7,9,13H,8H2,1-3H3,(H,19,20)(H,21,22). The number of carboxylic acids is 1. The molecule has 2 aromatic rings. The van der Waals surface area contributed by atoms with E-state index in [4.69, 9.17) is 5.11 Å². The van der Waals surface area contributed by atoms with E-state index in [1.807, 2.05) is 20.8 Å². The summed E-state index contributed by atoms with van der Waals surface area (Å²) in [5, 5.41) is 13.6. The van der Waals surface area contributed by atoms with Crippen LogP contribution in [0.3, 0.4) is 0 Å². The van der Waals surface area contributed by atoms with Gasteiger partial charge in [0.05, 0.1) is 12.5 Å². The van der Waals surface area contributed by atoms with Gasteiger partial charge in [-0.25, -0.2) is 14.8 Å². The lowest BCUT2D eigenvalue weighted by atomic mass is 9.86. The molecule has 2 rings (SSSR count). The highest BCUT2D eigenvalue weighted by atomic mass is 32.1. The molecule has 2 aromatic heterocycles. The highest BCUT2D eigenvalue weighted by Gasteiger charge is 2.30. The summed E-state index contributed by atoms with van der Waals surface area (Å²) >= 11 is 1.12. The fourth-order valence-electron chi connectivity index (χ4n) is 2.11. The zero-order valence-corrected chi connectivity index (χ0v) is 14.1. The van der Waals surface area contributed by atoms with Crippen molar-refractivity contribution in [1.29, 1.82) is 0 Å². The molecule has 1 atom stereocenters. The Kier molecular flexibility index (Phi) is 5.10. The number of amides is 1. The monoisotopic (exact) mass is 333 g/mol. The first-order valence-electron chi connectivity index (χ1n) is 7.14. The number of aromatic carboxylic acids is 1. The summed E-state index contributed by atoms with van der Waals surface area (Å²) in [5.74, 6) is -0.607. The number of carboxylic acid groups (broad SMARTS) is 1. The van der Waals surface area contributed by atoms with Crippen LogP contribution in [0.15, 0.2) is 29.9 Å². The molecule has 0 aliphatic rings. The molecule has 1 unspecified atom stereocenters. The summed E-state index contributed by atoms with van der Waals surface area (Å²) in [7, 11) is 0. The summed E-state index contributed by atoms with van der Waals surface area (Å²) in [5.41, 5.74) is 0.435. The molecule has 0 bridgehead atoms. The Labute approximate surface area is 138 Å². The van der Waals surface area contributed by atoms with Gasteiger partial charge in [-0.3, -0.25) is 4.79 Å². The first kappa shape index (κ1) is 17.1. The van der Waals surface area contributed by atoms with Crippen LogP contribution in [0.2, 0.25) is 0 Å². The predicted octanol–water partition coefficient (Wildman–Crippen LogP) is 2.68. The molecule has 0 radical (unpaired) electrons. The molecule has 122 valence electrons. The van der Waals surface area contributed by atoms with Crippen LogP contribution in [0.5, 0.6) is 0 Å². The number of rotatable bonds is 5. The lowest BCUT2D eigenvalue weighted by molar-refractivity contribution is -0.122. The van der Waals surface area contributed by atoms with Gasteiger partial charge in [0.1, 0.15) is 4.88 Å². The lowest BCUT2D eigenvalue weighted by Crippen LogP contribution is -2.38. The molecule has 0 saturated heterocycles. The molecule has 0 spiro atoms. The third-order valence-electron chi connectivity index (χ3n) is 3.24. The second-order valence-corrected chi connectivity index (χ2v) is 7.19. The summed E-state index contributed by atoms with van der Waals surface area (Å²) in [6.07, 6.45) is 3.42. The predicted molar refractivity (Wildman–Crippen MR) is 87.4 cm³/mol. The summed E-state index contributed by atoms with van der Waals surface area (Å²) in [6, 6.07) is 2.93. The van der Waals surface area contributed by atoms with Gasteiger partial charge in [-0.05, 0) is 28.5 Å². The average Bonchev–Trinajstić information content (AvgIpc) is 2.93. The van der Waals surface area contributed by atoms with E-state index in [1.165, 1.54) is 6.07 Å². The second kappa shape index (κ2) is 6.87. The number of aromatic nitrogens is 2. The quantitative estimate of drug-likeness (QED) is 0.877. The van der Waals surface area contributed by atoms with Crippen LogP contribution in [-0.2, 0) is 11.2 Å². The Balaban J connectivity index is 2.10. The van der Waals surface area contributed by atoms with Crippen molar-refractivity contribution in [3.63, 3.8) is 0 Å². The molecule has 0 aliphatic heterocycles. The van der Waals surface area contributed by atoms with Crippen molar-refractivity contribution in [1.82, 2.24) is 15.3 Å². The van der Waals surface area contributed by atoms with Crippen molar-refractivity contribution in [3.05, 3.63) is 46.2 Å². The van der Waals surface area contributed by atoms with Gasteiger partial charge in [0, 0.05) is 12.4 Å². The molecular formula is C16H19N3O3S. The largest absolute Gasteiger partial charge is 0.477 e. The summed E-state index contributed by atoms with van der Waals surface area (Å²) < 4.78 is 0. The number of carbonyl (C=O) groups excluding carboxylic acids is 1. The van der Waals surface area contributed by atoms with Crippen molar-refractivity contribution in [2.24, 2.45) is 5.41 Å². The highest BCUT2D eigenvalue weighted by Crippen LogP contribution is 2.30. The lowest BCUT2D eigenvalue weighted by Gasteiger charge is -2.30. The maximum atomic E-state index is 12.3. The van der Waals surface area contributed by atoms with Gasteiger partial charge in [-0.1, -0.05) is 20.8 Å². The first-order valence-corrected chi connectivity index (χ1v) is 8.02. The molecule has 0 aromatic carbocycles. The molecule has 1 amide bonds. The highest BCUT2D eigenvalue weighted by molar-refractivity contribution is 7.12. The number of nitrogens with one attached hydrogen (secondary N) is 1. The van der Waals surface area contributed by atoms with Crippen molar-refractivity contribution in [2.75, 3.05) is 0 Å². The van der Waals surface area contributed by atoms with Gasteiger partial charge in [-0.2, -0.15) is 0 Å². The molecular weight excluding hydrogens is 314 g/mol. The maximum Gasteiger partial charge on any atom is 0.345 e. The van der Waals surface area contributed by atoms with E-state index in [1.54, 1.807) is 23.8 Å². The molecule has 0 saturated carbocycles. The third kappa shape index (κ3) is 4.59. The molecule has 0 fully saturated rings. The fourth-order valence-corrected chi connectivity index (χ4v) is 2.86. The SMILES string of the molecule is CC(C)(C)C(NC(=O)Cc1csc(C(=O)O)c1)c1ncccn1. The Morgan fingerprint density at radius 3 is 2.48 bits per heavy atom. The molecule has 0 aliphatic carbocycles. The van der Waals surface area contributed by atoms with Crippen LogP contribution in [0.4, 0.5) is 0 Å². The van der Waals surface area contributed by atoms with Crippen molar-refractivity contribution in [2.45, 2.75) is 33.2 Å². The van der Waals surface area contributed by atoms with E-state index < -0.39 is 5.97 Å². The number of nitrogens with zero attached hydrogens (tertiary/aromatic N) is 2. The van der Waals surface area contributed by atoms with E-state index in [9.17, 15) is 9.59 Å². The third-order valence-corrected chi connectivity index (χ3v) is 4.21. The average molecular weight is 333 g/mol. The van der Waals surface area contributed by atoms with E-state index >= 15 is 0 Å². The Morgan fingerprint density at radius 1 is 1.30 bits per heavy atom. The Morgan fingerprint density at radius 2 is 1.96 bits per heavy atom. The minimum absolute atomic E-state index is 0.128. The van der Waals surface area contributed by atoms with E-state index in [2.05, 4.69) is 15.3 Å². The smallest absolute Gasteiger partial charge is 0.345 e. The summed E-state index contributed by atoms with van der Waals surface area (Å²) in [6.45, 7) is 6.00. The van der Waals surface area contributed by atoms with Crippen LogP contribution in [0, 0.1) is 5.41 Å². The molecule has 7 heteroatoms. The van der Waals surface area contributed by atoms with Crippen LogP contribution in [-0.4, -0.2) is 27.0 Å². The first-order chi connectivity index (χ1) is 10.8. The van der Waals surface area contributed by atoms with Crippen LogP contribution in [0.25, 0.3) is 0 Å². The van der Waals surface area contributed by atoms with Crippen molar-refractivity contribution >= 4 is 23.2 Å². The Bertz CT molecular complexity index is 692. The zero-order valence-electron chi connectivity index (χ0n) is 13.2. The van der Waals surface area contributed by atoms with Gasteiger partial charge in [-0.15, -0.1) is 11.3 Å². The molecule has 23 heavy (non-hydrogen) atoms. The van der Waals surface area contributed by atoms with Gasteiger partial charge in [0.25, 0.3) is 0 Å². The van der Waals surface area contributed by atoms with E-state index in [0.29, 0.717) is 11.4 Å². The van der Waals surface area contributed by atoms with Gasteiger partial charge in [0.2, 0.25) is 5.91 Å². The van der Waals surface area contributed by atoms with Gasteiger partial charge >= 0.3 is 5.97 Å². The van der Waals surface area contributed by atoms with Crippen LogP contribution < -0.4 is 5.32 Å². The van der Waals surface area contributed by atoms with Crippen molar-refractivity contribution in [3.8, 4) is 0 Å². The summed E-state index contributed by atoms with van der Waals surface area (Å²) in [4.78, 5) is 31.9. The number of carbonyl (C=O) groups is 2.